The second kappa shape index (κ2) is 6.58. The molecule has 0 radical (unpaired) electrons. The lowest BCUT2D eigenvalue weighted by Crippen LogP contribution is -1.98. The molecule has 10 heavy (non-hydrogen) atoms. The van der Waals surface area contributed by atoms with E-state index in [0.29, 0.717) is 13.2 Å². The van der Waals surface area contributed by atoms with E-state index in [1.807, 2.05) is 6.08 Å². The minimum atomic E-state index is 0.500. The van der Waals surface area contributed by atoms with Crippen LogP contribution in [0.4, 0.5) is 0 Å². The average molecular weight is 146 g/mol. The number of rotatable bonds is 5. The SMILES string of the molecule is COC/C=C(/COC)OC. The highest BCUT2D eigenvalue weighted by atomic mass is 16.5. The van der Waals surface area contributed by atoms with Gasteiger partial charge in [-0.1, -0.05) is 0 Å². The molecule has 0 fully saturated rings. The van der Waals surface area contributed by atoms with Crippen molar-refractivity contribution < 1.29 is 14.2 Å². The fourth-order valence-corrected chi connectivity index (χ4v) is 0.520. The van der Waals surface area contributed by atoms with Crippen LogP contribution in [0.5, 0.6) is 0 Å². The molecular weight excluding hydrogens is 132 g/mol. The van der Waals surface area contributed by atoms with Gasteiger partial charge in [-0.2, -0.15) is 0 Å². The molecule has 0 aliphatic heterocycles. The Morgan fingerprint density at radius 1 is 1.20 bits per heavy atom. The van der Waals surface area contributed by atoms with Gasteiger partial charge in [-0.25, -0.2) is 0 Å². The van der Waals surface area contributed by atoms with E-state index in [0.717, 1.165) is 5.76 Å². The summed E-state index contributed by atoms with van der Waals surface area (Å²) >= 11 is 0. The molecule has 0 saturated carbocycles. The van der Waals surface area contributed by atoms with E-state index >= 15 is 0 Å². The number of hydrogen-bond donors (Lipinski definition) is 0. The number of methoxy groups -OCH3 is 3. The molecule has 0 unspecified atom stereocenters. The summed E-state index contributed by atoms with van der Waals surface area (Å²) in [5, 5.41) is 0. The van der Waals surface area contributed by atoms with Crippen molar-refractivity contribution in [1.82, 2.24) is 0 Å². The van der Waals surface area contributed by atoms with Crippen molar-refractivity contribution in [1.29, 1.82) is 0 Å². The van der Waals surface area contributed by atoms with Gasteiger partial charge in [-0.15, -0.1) is 0 Å². The van der Waals surface area contributed by atoms with Crippen LogP contribution in [0, 0.1) is 0 Å². The molecule has 0 aromatic heterocycles. The molecule has 0 bridgehead atoms. The summed E-state index contributed by atoms with van der Waals surface area (Å²) < 4.78 is 14.6. The van der Waals surface area contributed by atoms with Crippen molar-refractivity contribution in [3.63, 3.8) is 0 Å². The molecule has 0 amide bonds. The first kappa shape index (κ1) is 9.46. The van der Waals surface area contributed by atoms with Crippen molar-refractivity contribution in [3.05, 3.63) is 11.8 Å². The van der Waals surface area contributed by atoms with Crippen molar-refractivity contribution in [2.24, 2.45) is 0 Å². The second-order valence-electron chi connectivity index (χ2n) is 1.76. The van der Waals surface area contributed by atoms with E-state index in [1.165, 1.54) is 0 Å². The van der Waals surface area contributed by atoms with Gasteiger partial charge in [0.05, 0.1) is 13.7 Å². The first-order valence-corrected chi connectivity index (χ1v) is 3.06. The molecule has 0 aliphatic rings. The molecule has 3 heteroatoms. The van der Waals surface area contributed by atoms with Crippen LogP contribution < -0.4 is 0 Å². The van der Waals surface area contributed by atoms with E-state index < -0.39 is 0 Å². The summed E-state index contributed by atoms with van der Waals surface area (Å²) in [7, 11) is 4.87. The van der Waals surface area contributed by atoms with E-state index in [2.05, 4.69) is 0 Å². The molecule has 0 aliphatic carbocycles. The fraction of sp³-hybridized carbons (Fsp3) is 0.714. The van der Waals surface area contributed by atoms with Gasteiger partial charge >= 0.3 is 0 Å². The van der Waals surface area contributed by atoms with Gasteiger partial charge < -0.3 is 14.2 Å². The van der Waals surface area contributed by atoms with Gasteiger partial charge in [0.2, 0.25) is 0 Å². The van der Waals surface area contributed by atoms with Crippen LogP contribution in [0.1, 0.15) is 0 Å². The lowest BCUT2D eigenvalue weighted by Gasteiger charge is -2.03. The van der Waals surface area contributed by atoms with Gasteiger partial charge in [0.15, 0.2) is 0 Å². The van der Waals surface area contributed by atoms with E-state index in [-0.39, 0.29) is 0 Å². The summed E-state index contributed by atoms with van der Waals surface area (Å²) in [6.45, 7) is 1.06. The van der Waals surface area contributed by atoms with Crippen LogP contribution >= 0.6 is 0 Å². The van der Waals surface area contributed by atoms with Crippen LogP contribution in [0.15, 0.2) is 11.8 Å². The summed E-state index contributed by atoms with van der Waals surface area (Å²) in [5.74, 6) is 0.796. The monoisotopic (exact) mass is 146 g/mol. The molecule has 0 N–H and O–H groups in total. The van der Waals surface area contributed by atoms with Gasteiger partial charge in [-0.05, 0) is 6.08 Å². The normalized spacial score (nSPS) is 11.7. The zero-order valence-electron chi connectivity index (χ0n) is 6.72. The first-order valence-electron chi connectivity index (χ1n) is 3.06. The van der Waals surface area contributed by atoms with Crippen LogP contribution in [-0.2, 0) is 14.2 Å². The predicted octanol–water partition coefficient (Wildman–Crippen LogP) is 0.809. The summed E-state index contributed by atoms with van der Waals surface area (Å²) in [6.07, 6.45) is 1.84. The molecular formula is C7H14O3. The van der Waals surface area contributed by atoms with Gasteiger partial charge in [0, 0.05) is 14.2 Å². The molecule has 0 spiro atoms. The molecule has 0 aromatic rings. The van der Waals surface area contributed by atoms with Crippen molar-refractivity contribution >= 4 is 0 Å². The Balaban J connectivity index is 3.55. The molecule has 0 aromatic carbocycles. The van der Waals surface area contributed by atoms with Crippen LogP contribution in [0.3, 0.4) is 0 Å². The Labute approximate surface area is 61.6 Å². The van der Waals surface area contributed by atoms with Crippen LogP contribution in [0.2, 0.25) is 0 Å². The minimum Gasteiger partial charge on any atom is -0.499 e. The quantitative estimate of drug-likeness (QED) is 0.537. The molecule has 60 valence electrons. The van der Waals surface area contributed by atoms with Gasteiger partial charge in [0.25, 0.3) is 0 Å². The highest BCUT2D eigenvalue weighted by molar-refractivity contribution is 4.92. The molecule has 3 nitrogen and oxygen atoms in total. The van der Waals surface area contributed by atoms with Crippen LogP contribution in [0.25, 0.3) is 0 Å². The summed E-state index contributed by atoms with van der Waals surface area (Å²) in [4.78, 5) is 0. The highest BCUT2D eigenvalue weighted by Gasteiger charge is 1.91. The molecule has 0 rings (SSSR count). The predicted molar refractivity (Wildman–Crippen MR) is 38.8 cm³/mol. The Morgan fingerprint density at radius 3 is 2.30 bits per heavy atom. The topological polar surface area (TPSA) is 27.7 Å². The largest absolute Gasteiger partial charge is 0.499 e. The van der Waals surface area contributed by atoms with Gasteiger partial charge in [0.1, 0.15) is 12.4 Å². The zero-order chi connectivity index (χ0) is 7.82. The third-order valence-electron chi connectivity index (χ3n) is 1.03. The molecule has 0 saturated heterocycles. The van der Waals surface area contributed by atoms with E-state index in [1.54, 1.807) is 21.3 Å². The first-order chi connectivity index (χ1) is 4.85. The van der Waals surface area contributed by atoms with Crippen molar-refractivity contribution in [2.45, 2.75) is 0 Å². The summed E-state index contributed by atoms with van der Waals surface area (Å²) in [5.41, 5.74) is 0. The summed E-state index contributed by atoms with van der Waals surface area (Å²) in [6, 6.07) is 0. The highest BCUT2D eigenvalue weighted by Crippen LogP contribution is 1.94. The maximum atomic E-state index is 4.95. The Bertz CT molecular complexity index is 99.0. The third kappa shape index (κ3) is 4.35. The van der Waals surface area contributed by atoms with Crippen LogP contribution in [-0.4, -0.2) is 34.5 Å². The minimum absolute atomic E-state index is 0.500. The van der Waals surface area contributed by atoms with Crippen molar-refractivity contribution in [3.8, 4) is 0 Å². The molecule has 0 atom stereocenters. The standard InChI is InChI=1S/C7H14O3/c1-8-5-4-7(10-3)6-9-2/h4H,5-6H2,1-3H3/b7-4-. The Morgan fingerprint density at radius 2 is 1.90 bits per heavy atom. The molecule has 0 heterocycles. The second-order valence-corrected chi connectivity index (χ2v) is 1.76. The maximum absolute atomic E-state index is 4.95. The average Bonchev–Trinajstić information content (AvgIpc) is 1.98. The maximum Gasteiger partial charge on any atom is 0.119 e. The van der Waals surface area contributed by atoms with Gasteiger partial charge in [-0.3, -0.25) is 0 Å². The lowest BCUT2D eigenvalue weighted by molar-refractivity contribution is 0.153. The van der Waals surface area contributed by atoms with Crippen molar-refractivity contribution in [2.75, 3.05) is 34.5 Å². The zero-order valence-corrected chi connectivity index (χ0v) is 6.72. The smallest absolute Gasteiger partial charge is 0.119 e. The third-order valence-corrected chi connectivity index (χ3v) is 1.03. The number of ether oxygens (including phenoxy) is 3. The van der Waals surface area contributed by atoms with E-state index in [9.17, 15) is 0 Å². The Hall–Kier alpha value is -0.540. The fourth-order valence-electron chi connectivity index (χ4n) is 0.520. The number of hydrogen-bond acceptors (Lipinski definition) is 3. The Kier molecular flexibility index (Phi) is 6.22. The lowest BCUT2D eigenvalue weighted by atomic mass is 10.5. The van der Waals surface area contributed by atoms with E-state index in [4.69, 9.17) is 14.2 Å².